The fraction of sp³-hybridized carbons (Fsp3) is 0.0303. The van der Waals surface area contributed by atoms with Crippen LogP contribution in [0.3, 0.4) is 0 Å². The van der Waals surface area contributed by atoms with Crippen LogP contribution in [0.25, 0.3) is 53.5 Å². The molecule has 0 radical (unpaired) electrons. The first-order chi connectivity index (χ1) is 22.8. The highest BCUT2D eigenvalue weighted by molar-refractivity contribution is 5.78. The summed E-state index contributed by atoms with van der Waals surface area (Å²) in [5, 5.41) is 30.2. The van der Waals surface area contributed by atoms with Gasteiger partial charge in [-0.15, -0.1) is 0 Å². The Hall–Kier alpha value is -8.22. The molecule has 0 aliphatic carbocycles. The summed E-state index contributed by atoms with van der Waals surface area (Å²) >= 11 is 0. The van der Waals surface area contributed by atoms with Gasteiger partial charge in [-0.2, -0.15) is 10.5 Å². The molecule has 0 saturated carbocycles. The highest BCUT2D eigenvalue weighted by Gasteiger charge is 2.22. The van der Waals surface area contributed by atoms with Crippen LogP contribution in [-0.2, 0) is 0 Å². The Morgan fingerprint density at radius 2 is 1.34 bits per heavy atom. The predicted molar refractivity (Wildman–Crippen MR) is 161 cm³/mol. The SMILES string of the molecule is [C-]#[N+]/C(C)=C1/N=c2ccc(-c3nc(-c4cc(C#N)cc([N+]#[C-])c4)nc(-c4ccc5c(c4C#N)=N/C(=C(\C#N)[N+]#[C-])N=5)n3)c([N+]#[C-])c2=N1. The van der Waals surface area contributed by atoms with E-state index in [0.717, 1.165) is 0 Å². The van der Waals surface area contributed by atoms with E-state index in [1.54, 1.807) is 37.3 Å². The third-order valence-corrected chi connectivity index (χ3v) is 6.87. The predicted octanol–water partition coefficient (Wildman–Crippen LogP) is 3.94. The number of hydrogen-bond acceptors (Lipinski definition) is 10. The number of nitrogens with zero attached hydrogens (tertiary/aromatic N) is 14. The van der Waals surface area contributed by atoms with Crippen LogP contribution >= 0.6 is 0 Å². The van der Waals surface area contributed by atoms with Crippen molar-refractivity contribution in [2.24, 2.45) is 20.0 Å². The highest BCUT2D eigenvalue weighted by Crippen LogP contribution is 2.31. The molecular formula is C33H10N14. The molecular weight excluding hydrogens is 592 g/mol. The van der Waals surface area contributed by atoms with Gasteiger partial charge in [-0.05, 0) is 43.3 Å². The number of fused-ring (bicyclic) bond motifs is 2. The molecule has 0 bridgehead atoms. The minimum atomic E-state index is -0.339. The van der Waals surface area contributed by atoms with E-state index in [1.165, 1.54) is 18.2 Å². The Labute approximate surface area is 264 Å². The Morgan fingerprint density at radius 1 is 0.681 bits per heavy atom. The maximum atomic E-state index is 10.2. The van der Waals surface area contributed by atoms with Gasteiger partial charge in [0, 0.05) is 22.3 Å². The molecule has 0 atom stereocenters. The van der Waals surface area contributed by atoms with Gasteiger partial charge in [0.15, 0.2) is 34.8 Å². The molecule has 2 aliphatic heterocycles. The van der Waals surface area contributed by atoms with Gasteiger partial charge in [0.1, 0.15) is 11.4 Å². The molecule has 3 aromatic carbocycles. The average molecular weight is 603 g/mol. The second-order valence-corrected chi connectivity index (χ2v) is 9.57. The molecule has 3 heterocycles. The lowest BCUT2D eigenvalue weighted by Gasteiger charge is -2.10. The number of nitriles is 3. The van der Waals surface area contributed by atoms with Crippen LogP contribution in [0.4, 0.5) is 11.4 Å². The van der Waals surface area contributed by atoms with Gasteiger partial charge in [0.2, 0.25) is 11.4 Å². The maximum Gasteiger partial charge on any atom is 0.305 e. The molecule has 47 heavy (non-hydrogen) atoms. The fourth-order valence-electron chi connectivity index (χ4n) is 4.69. The summed E-state index contributed by atoms with van der Waals surface area (Å²) in [6.45, 7) is 31.6. The van der Waals surface area contributed by atoms with Crippen molar-refractivity contribution in [2.45, 2.75) is 6.92 Å². The molecule has 212 valence electrons. The topological polar surface area (TPSA) is 177 Å². The first kappa shape index (κ1) is 28.9. The first-order valence-electron chi connectivity index (χ1n) is 13.1. The van der Waals surface area contributed by atoms with Crippen LogP contribution in [0, 0.1) is 60.3 Å². The highest BCUT2D eigenvalue weighted by atomic mass is 15.1. The molecule has 0 fully saturated rings. The lowest BCUT2D eigenvalue weighted by molar-refractivity contribution is 1.07. The van der Waals surface area contributed by atoms with E-state index in [1.807, 2.05) is 6.07 Å². The van der Waals surface area contributed by atoms with Crippen molar-refractivity contribution in [2.75, 3.05) is 0 Å². The minimum Gasteiger partial charge on any atom is -0.251 e. The standard InChI is InChI=1S/C33H10N14/c1-16(37-2)29-41-24-9-7-21(27(40-5)28(24)44-29)32-46-30(18-10-17(13-34)11-19(12-18)38-3)45-31(47-32)20-6-8-23-26(22(20)14-35)43-33(42-23)25(15-36)39-4/h6-12H,1H3/b29-16-,33-25+. The molecule has 14 heteroatoms. The van der Waals surface area contributed by atoms with Gasteiger partial charge < -0.3 is 0 Å². The van der Waals surface area contributed by atoms with Crippen LogP contribution in [-0.4, -0.2) is 15.0 Å². The smallest absolute Gasteiger partial charge is 0.251 e. The van der Waals surface area contributed by atoms with Crippen LogP contribution in [0.15, 0.2) is 85.5 Å². The van der Waals surface area contributed by atoms with Crippen molar-refractivity contribution in [3.05, 3.63) is 144 Å². The van der Waals surface area contributed by atoms with Crippen LogP contribution in [0.2, 0.25) is 0 Å². The summed E-state index contributed by atoms with van der Waals surface area (Å²) in [6, 6.07) is 16.6. The molecule has 0 saturated heterocycles. The summed E-state index contributed by atoms with van der Waals surface area (Å²) in [4.78, 5) is 44.9. The van der Waals surface area contributed by atoms with Crippen molar-refractivity contribution in [3.63, 3.8) is 0 Å². The van der Waals surface area contributed by atoms with Crippen molar-refractivity contribution >= 4 is 11.4 Å². The van der Waals surface area contributed by atoms with Gasteiger partial charge in [0.05, 0.1) is 60.1 Å². The summed E-state index contributed by atoms with van der Waals surface area (Å²) in [6.07, 6.45) is 0. The molecule has 4 aromatic rings. The van der Waals surface area contributed by atoms with E-state index in [-0.39, 0.29) is 90.2 Å². The van der Waals surface area contributed by atoms with Gasteiger partial charge >= 0.3 is 5.70 Å². The number of aromatic nitrogens is 3. The Bertz CT molecular complexity index is 2730. The molecule has 0 N–H and O–H groups in total. The van der Waals surface area contributed by atoms with Crippen LogP contribution in [0.1, 0.15) is 18.1 Å². The maximum absolute atomic E-state index is 10.2. The van der Waals surface area contributed by atoms with Gasteiger partial charge in [0.25, 0.3) is 0 Å². The summed E-state index contributed by atoms with van der Waals surface area (Å²) in [5.41, 5.74) is 1.12. The minimum absolute atomic E-state index is 0.00289. The normalized spacial score (nSPS) is 13.8. The molecule has 0 unspecified atom stereocenters. The summed E-state index contributed by atoms with van der Waals surface area (Å²) in [7, 11) is 0. The third-order valence-electron chi connectivity index (χ3n) is 6.87. The quantitative estimate of drug-likeness (QED) is 0.253. The first-order valence-corrected chi connectivity index (χ1v) is 13.1. The molecule has 1 aromatic heterocycles. The third kappa shape index (κ3) is 4.86. The van der Waals surface area contributed by atoms with Crippen molar-refractivity contribution in [1.82, 2.24) is 15.0 Å². The molecule has 14 nitrogen and oxygen atoms in total. The zero-order valence-electron chi connectivity index (χ0n) is 23.8. The zero-order valence-corrected chi connectivity index (χ0v) is 23.8. The number of hydrogen-bond donors (Lipinski definition) is 0. The van der Waals surface area contributed by atoms with Crippen molar-refractivity contribution < 1.29 is 0 Å². The largest absolute Gasteiger partial charge is 0.305 e. The van der Waals surface area contributed by atoms with Gasteiger partial charge in [-0.3, -0.25) is 4.99 Å². The monoisotopic (exact) mass is 602 g/mol. The number of rotatable bonds is 3. The van der Waals surface area contributed by atoms with E-state index in [2.05, 4.69) is 60.4 Å². The van der Waals surface area contributed by atoms with Crippen molar-refractivity contribution in [1.29, 1.82) is 15.8 Å². The lowest BCUT2D eigenvalue weighted by Crippen LogP contribution is -2.26. The second kappa shape index (κ2) is 11.5. The summed E-state index contributed by atoms with van der Waals surface area (Å²) in [5.74, 6) is 0.120. The van der Waals surface area contributed by atoms with Crippen LogP contribution in [0.5, 0.6) is 0 Å². The lowest BCUT2D eigenvalue weighted by atomic mass is 10.1. The molecule has 0 spiro atoms. The Morgan fingerprint density at radius 3 is 1.98 bits per heavy atom. The molecule has 0 amide bonds. The van der Waals surface area contributed by atoms with Crippen molar-refractivity contribution in [3.8, 4) is 52.4 Å². The Kier molecular flexibility index (Phi) is 7.04. The van der Waals surface area contributed by atoms with E-state index < -0.39 is 0 Å². The van der Waals surface area contributed by atoms with Gasteiger partial charge in [-0.1, -0.05) is 6.07 Å². The molecule has 2 aliphatic rings. The summed E-state index contributed by atoms with van der Waals surface area (Å²) < 4.78 is 0. The van der Waals surface area contributed by atoms with E-state index >= 15 is 0 Å². The van der Waals surface area contributed by atoms with E-state index in [4.69, 9.17) is 26.3 Å². The zero-order chi connectivity index (χ0) is 33.2. The van der Waals surface area contributed by atoms with Gasteiger partial charge in [-0.25, -0.2) is 54.6 Å². The van der Waals surface area contributed by atoms with E-state index in [0.29, 0.717) is 10.9 Å². The fourth-order valence-corrected chi connectivity index (χ4v) is 4.69. The number of allylic oxidation sites excluding steroid dienone is 2. The molecule has 6 rings (SSSR count). The Balaban J connectivity index is 1.68. The van der Waals surface area contributed by atoms with E-state index in [9.17, 15) is 15.8 Å². The number of benzene rings is 3. The second-order valence-electron chi connectivity index (χ2n) is 9.57. The van der Waals surface area contributed by atoms with Crippen LogP contribution < -0.4 is 21.4 Å². The average Bonchev–Trinajstić information content (AvgIpc) is 3.75.